The third kappa shape index (κ3) is 5.98. The largest absolute Gasteiger partial charge is 0.493 e. The van der Waals surface area contributed by atoms with E-state index in [0.29, 0.717) is 12.8 Å². The monoisotopic (exact) mass is 421 g/mol. The summed E-state index contributed by atoms with van der Waals surface area (Å²) in [6.45, 7) is 7.79. The van der Waals surface area contributed by atoms with E-state index in [1.807, 2.05) is 25.2 Å². The molecule has 30 heavy (non-hydrogen) atoms. The van der Waals surface area contributed by atoms with Crippen molar-refractivity contribution >= 4 is 5.69 Å². The average molecular weight is 422 g/mol. The fourth-order valence-electron chi connectivity index (χ4n) is 4.34. The minimum Gasteiger partial charge on any atom is -0.493 e. The molecular formula is C22H39N5O3. The van der Waals surface area contributed by atoms with Crippen LogP contribution in [0.5, 0.6) is 11.5 Å². The summed E-state index contributed by atoms with van der Waals surface area (Å²) in [5.74, 6) is 1.46. The quantitative estimate of drug-likeness (QED) is 0.499. The number of ether oxygens (including phenoxy) is 3. The maximum absolute atomic E-state index is 6.15. The number of methoxy groups -OCH3 is 2. The van der Waals surface area contributed by atoms with Gasteiger partial charge in [0.15, 0.2) is 11.5 Å². The van der Waals surface area contributed by atoms with Crippen molar-refractivity contribution in [2.24, 2.45) is 0 Å². The van der Waals surface area contributed by atoms with E-state index in [-0.39, 0.29) is 12.4 Å². The number of nitrogens with zero attached hydrogens (tertiary/aromatic N) is 2. The first-order valence-corrected chi connectivity index (χ1v) is 11.2. The SMILES string of the molecule is CCN1C(NC)CCNC1Nc1ccc(OC)c(OC[C@@H](CN2CCCC2)OC)c1. The molecule has 2 heterocycles. The second-order valence-electron chi connectivity index (χ2n) is 7.97. The van der Waals surface area contributed by atoms with Crippen LogP contribution < -0.4 is 25.4 Å². The van der Waals surface area contributed by atoms with Crippen molar-refractivity contribution in [3.05, 3.63) is 18.2 Å². The van der Waals surface area contributed by atoms with Gasteiger partial charge in [-0.1, -0.05) is 6.92 Å². The van der Waals surface area contributed by atoms with Crippen LogP contribution in [0, 0.1) is 0 Å². The maximum Gasteiger partial charge on any atom is 0.163 e. The van der Waals surface area contributed by atoms with Crippen molar-refractivity contribution in [2.75, 3.05) is 65.9 Å². The Kier molecular flexibility index (Phi) is 9.02. The molecule has 3 N–H and O–H groups in total. The average Bonchev–Trinajstić information content (AvgIpc) is 3.29. The van der Waals surface area contributed by atoms with Crippen molar-refractivity contribution in [2.45, 2.75) is 44.7 Å². The van der Waals surface area contributed by atoms with Gasteiger partial charge in [0.25, 0.3) is 0 Å². The van der Waals surface area contributed by atoms with Gasteiger partial charge in [0.1, 0.15) is 19.0 Å². The summed E-state index contributed by atoms with van der Waals surface area (Å²) in [5, 5.41) is 10.6. The van der Waals surface area contributed by atoms with E-state index >= 15 is 0 Å². The Bertz CT molecular complexity index is 641. The lowest BCUT2D eigenvalue weighted by atomic mass is 10.2. The minimum absolute atomic E-state index is 0.0383. The van der Waals surface area contributed by atoms with Gasteiger partial charge in [-0.05, 0) is 51.5 Å². The van der Waals surface area contributed by atoms with Crippen LogP contribution in [-0.2, 0) is 4.74 Å². The predicted octanol–water partition coefficient (Wildman–Crippen LogP) is 1.74. The van der Waals surface area contributed by atoms with Crippen molar-refractivity contribution in [3.8, 4) is 11.5 Å². The number of likely N-dealkylation sites (tertiary alicyclic amines) is 1. The van der Waals surface area contributed by atoms with Crippen LogP contribution in [0.1, 0.15) is 26.2 Å². The van der Waals surface area contributed by atoms with Crippen LogP contribution in [0.2, 0.25) is 0 Å². The van der Waals surface area contributed by atoms with Gasteiger partial charge in [0.05, 0.1) is 13.3 Å². The Balaban J connectivity index is 1.63. The van der Waals surface area contributed by atoms with E-state index in [2.05, 4.69) is 32.7 Å². The smallest absolute Gasteiger partial charge is 0.163 e. The molecule has 2 saturated heterocycles. The van der Waals surface area contributed by atoms with Gasteiger partial charge >= 0.3 is 0 Å². The number of hydrogen-bond donors (Lipinski definition) is 3. The zero-order chi connectivity index (χ0) is 21.3. The van der Waals surface area contributed by atoms with Crippen molar-refractivity contribution in [1.29, 1.82) is 0 Å². The van der Waals surface area contributed by atoms with Gasteiger partial charge in [-0.25, -0.2) is 0 Å². The number of rotatable bonds is 11. The Morgan fingerprint density at radius 3 is 2.67 bits per heavy atom. The molecule has 2 aliphatic rings. The molecular weight excluding hydrogens is 382 g/mol. The number of anilines is 1. The minimum atomic E-state index is 0.0383. The van der Waals surface area contributed by atoms with Gasteiger partial charge < -0.3 is 29.7 Å². The van der Waals surface area contributed by atoms with Crippen LogP contribution in [0.3, 0.4) is 0 Å². The Hall–Kier alpha value is -1.58. The Labute approximate surface area is 181 Å². The zero-order valence-electron chi connectivity index (χ0n) is 18.9. The summed E-state index contributed by atoms with van der Waals surface area (Å²) in [7, 11) is 5.45. The van der Waals surface area contributed by atoms with E-state index < -0.39 is 0 Å². The molecule has 0 bridgehead atoms. The number of hydrogen-bond acceptors (Lipinski definition) is 8. The van der Waals surface area contributed by atoms with Crippen LogP contribution in [0.4, 0.5) is 5.69 Å². The summed E-state index contributed by atoms with van der Waals surface area (Å²) in [5.41, 5.74) is 0.993. The Morgan fingerprint density at radius 2 is 2.00 bits per heavy atom. The summed E-state index contributed by atoms with van der Waals surface area (Å²) >= 11 is 0. The predicted molar refractivity (Wildman–Crippen MR) is 120 cm³/mol. The topological polar surface area (TPSA) is 70.3 Å². The van der Waals surface area contributed by atoms with Crippen LogP contribution in [0.15, 0.2) is 18.2 Å². The zero-order valence-corrected chi connectivity index (χ0v) is 18.9. The molecule has 2 unspecified atom stereocenters. The van der Waals surface area contributed by atoms with Crippen molar-refractivity contribution < 1.29 is 14.2 Å². The number of nitrogens with one attached hydrogen (secondary N) is 3. The highest BCUT2D eigenvalue weighted by Crippen LogP contribution is 2.31. The van der Waals surface area contributed by atoms with E-state index in [1.54, 1.807) is 14.2 Å². The van der Waals surface area contributed by atoms with E-state index in [9.17, 15) is 0 Å². The van der Waals surface area contributed by atoms with Crippen LogP contribution in [-0.4, -0.2) is 89.0 Å². The van der Waals surface area contributed by atoms with Gasteiger partial charge in [0, 0.05) is 38.5 Å². The molecule has 0 saturated carbocycles. The molecule has 0 amide bonds. The first kappa shape index (κ1) is 23.1. The van der Waals surface area contributed by atoms with E-state index in [0.717, 1.165) is 56.3 Å². The summed E-state index contributed by atoms with van der Waals surface area (Å²) in [4.78, 5) is 4.82. The summed E-state index contributed by atoms with van der Waals surface area (Å²) in [6.07, 6.45) is 4.08. The molecule has 170 valence electrons. The standard InChI is InChI=1S/C22H39N5O3/c1-5-27-21(23-2)10-11-24-22(27)25-17-8-9-19(29-4)20(14-17)30-16-18(28-3)15-26-12-6-7-13-26/h8-9,14,18,21-25H,5-7,10-13,15-16H2,1-4H3/t18-,21?,22?/m1/s1. The van der Waals surface area contributed by atoms with Gasteiger partial charge in [-0.2, -0.15) is 0 Å². The van der Waals surface area contributed by atoms with E-state index in [4.69, 9.17) is 14.2 Å². The molecule has 2 fully saturated rings. The lowest BCUT2D eigenvalue weighted by Crippen LogP contribution is -2.62. The Morgan fingerprint density at radius 1 is 1.20 bits per heavy atom. The molecule has 1 aromatic rings. The molecule has 0 spiro atoms. The third-order valence-corrected chi connectivity index (χ3v) is 6.07. The highest BCUT2D eigenvalue weighted by molar-refractivity contribution is 5.55. The number of benzene rings is 1. The molecule has 0 aromatic heterocycles. The normalized spacial score (nSPS) is 24.0. The van der Waals surface area contributed by atoms with Gasteiger partial charge in [0.2, 0.25) is 0 Å². The maximum atomic E-state index is 6.15. The lowest BCUT2D eigenvalue weighted by Gasteiger charge is -2.42. The first-order chi connectivity index (χ1) is 14.7. The molecule has 8 heteroatoms. The van der Waals surface area contributed by atoms with Crippen LogP contribution in [0.25, 0.3) is 0 Å². The fourth-order valence-corrected chi connectivity index (χ4v) is 4.34. The van der Waals surface area contributed by atoms with Crippen molar-refractivity contribution in [1.82, 2.24) is 20.4 Å². The molecule has 0 aliphatic carbocycles. The lowest BCUT2D eigenvalue weighted by molar-refractivity contribution is 0.0339. The van der Waals surface area contributed by atoms with Crippen LogP contribution >= 0.6 is 0 Å². The fraction of sp³-hybridized carbons (Fsp3) is 0.727. The molecule has 3 rings (SSSR count). The summed E-state index contributed by atoms with van der Waals surface area (Å²) < 4.78 is 17.3. The molecule has 2 aliphatic heterocycles. The highest BCUT2D eigenvalue weighted by atomic mass is 16.5. The second kappa shape index (κ2) is 11.7. The van der Waals surface area contributed by atoms with E-state index in [1.165, 1.54) is 12.8 Å². The molecule has 0 radical (unpaired) electrons. The third-order valence-electron chi connectivity index (χ3n) is 6.07. The molecule has 8 nitrogen and oxygen atoms in total. The molecule has 1 aromatic carbocycles. The second-order valence-corrected chi connectivity index (χ2v) is 7.97. The van der Waals surface area contributed by atoms with Gasteiger partial charge in [-0.3, -0.25) is 10.2 Å². The molecule has 3 atom stereocenters. The summed E-state index contributed by atoms with van der Waals surface area (Å²) in [6, 6.07) is 6.00. The van der Waals surface area contributed by atoms with Crippen molar-refractivity contribution in [3.63, 3.8) is 0 Å². The highest BCUT2D eigenvalue weighted by Gasteiger charge is 2.28. The van der Waals surface area contributed by atoms with Gasteiger partial charge in [-0.15, -0.1) is 0 Å². The first-order valence-electron chi connectivity index (χ1n) is 11.2.